The highest BCUT2D eigenvalue weighted by atomic mass is 35.5. The van der Waals surface area contributed by atoms with E-state index in [2.05, 4.69) is 5.32 Å². The van der Waals surface area contributed by atoms with E-state index in [4.69, 9.17) is 21.1 Å². The first-order valence-electron chi connectivity index (χ1n) is 4.97. The molecule has 0 amide bonds. The van der Waals surface area contributed by atoms with Crippen molar-refractivity contribution in [3.63, 3.8) is 0 Å². The van der Waals surface area contributed by atoms with Crippen LogP contribution in [0.1, 0.15) is 6.42 Å². The summed E-state index contributed by atoms with van der Waals surface area (Å²) in [4.78, 5) is 0. The Morgan fingerprint density at radius 3 is 3.00 bits per heavy atom. The van der Waals surface area contributed by atoms with Crippen molar-refractivity contribution in [3.05, 3.63) is 23.2 Å². The maximum atomic E-state index is 6.02. The minimum Gasteiger partial charge on any atom is -0.495 e. The van der Waals surface area contributed by atoms with Gasteiger partial charge in [-0.05, 0) is 24.6 Å². The number of rotatable bonds is 3. The van der Waals surface area contributed by atoms with Gasteiger partial charge in [0.25, 0.3) is 0 Å². The molecule has 1 heterocycles. The highest BCUT2D eigenvalue weighted by Crippen LogP contribution is 2.27. The summed E-state index contributed by atoms with van der Waals surface area (Å²) in [6.07, 6.45) is 1.05. The van der Waals surface area contributed by atoms with Gasteiger partial charge in [0.05, 0.1) is 24.8 Å². The molecule has 1 aliphatic heterocycles. The Labute approximate surface area is 94.3 Å². The molecule has 1 aliphatic rings. The largest absolute Gasteiger partial charge is 0.495 e. The first-order chi connectivity index (χ1) is 7.29. The number of anilines is 1. The first kappa shape index (κ1) is 10.6. The zero-order valence-corrected chi connectivity index (χ0v) is 9.38. The molecule has 1 aromatic rings. The molecular formula is C11H14ClNO2. The summed E-state index contributed by atoms with van der Waals surface area (Å²) in [6, 6.07) is 6.09. The summed E-state index contributed by atoms with van der Waals surface area (Å²) < 4.78 is 10.4. The third kappa shape index (κ3) is 2.55. The maximum absolute atomic E-state index is 6.02. The van der Waals surface area contributed by atoms with E-state index in [1.807, 2.05) is 18.2 Å². The molecule has 0 radical (unpaired) electrons. The Kier molecular flexibility index (Phi) is 3.34. The van der Waals surface area contributed by atoms with E-state index in [9.17, 15) is 0 Å². The summed E-state index contributed by atoms with van der Waals surface area (Å²) in [5.74, 6) is 0.699. The minimum atomic E-state index is 0.398. The highest BCUT2D eigenvalue weighted by molar-refractivity contribution is 6.32. The summed E-state index contributed by atoms with van der Waals surface area (Å²) in [6.45, 7) is 1.60. The molecule has 2 rings (SSSR count). The van der Waals surface area contributed by atoms with Crippen molar-refractivity contribution < 1.29 is 9.47 Å². The Morgan fingerprint density at radius 2 is 2.40 bits per heavy atom. The fourth-order valence-electron chi connectivity index (χ4n) is 1.64. The Bertz CT molecular complexity index is 337. The van der Waals surface area contributed by atoms with Crippen LogP contribution in [-0.2, 0) is 4.74 Å². The number of hydrogen-bond donors (Lipinski definition) is 1. The van der Waals surface area contributed by atoms with Gasteiger partial charge in [0.2, 0.25) is 0 Å². The summed E-state index contributed by atoms with van der Waals surface area (Å²) in [7, 11) is 1.61. The van der Waals surface area contributed by atoms with Crippen molar-refractivity contribution >= 4 is 17.3 Å². The predicted molar refractivity (Wildman–Crippen MR) is 60.9 cm³/mol. The molecule has 0 spiro atoms. The van der Waals surface area contributed by atoms with Gasteiger partial charge in [0.15, 0.2) is 0 Å². The van der Waals surface area contributed by atoms with Crippen molar-refractivity contribution in [3.8, 4) is 5.75 Å². The normalized spacial score (nSPS) is 20.3. The van der Waals surface area contributed by atoms with Crippen LogP contribution >= 0.6 is 11.6 Å². The van der Waals surface area contributed by atoms with E-state index in [0.717, 1.165) is 25.3 Å². The van der Waals surface area contributed by atoms with Gasteiger partial charge < -0.3 is 14.8 Å². The molecule has 1 aromatic carbocycles. The minimum absolute atomic E-state index is 0.398. The van der Waals surface area contributed by atoms with Gasteiger partial charge in [-0.1, -0.05) is 11.6 Å². The molecule has 0 bridgehead atoms. The Morgan fingerprint density at radius 1 is 1.53 bits per heavy atom. The lowest BCUT2D eigenvalue weighted by Crippen LogP contribution is -2.18. The van der Waals surface area contributed by atoms with Crippen LogP contribution in [0.25, 0.3) is 0 Å². The SMILES string of the molecule is COc1ccc(NC2CCOC2)cc1Cl. The molecule has 1 atom stereocenters. The average Bonchev–Trinajstić information content (AvgIpc) is 2.71. The molecule has 15 heavy (non-hydrogen) atoms. The zero-order chi connectivity index (χ0) is 10.7. The van der Waals surface area contributed by atoms with E-state index < -0.39 is 0 Å². The third-order valence-electron chi connectivity index (χ3n) is 2.45. The quantitative estimate of drug-likeness (QED) is 0.861. The van der Waals surface area contributed by atoms with Crippen LogP contribution in [0.3, 0.4) is 0 Å². The van der Waals surface area contributed by atoms with Crippen LogP contribution in [-0.4, -0.2) is 26.4 Å². The van der Waals surface area contributed by atoms with Gasteiger partial charge in [0.1, 0.15) is 5.75 Å². The lowest BCUT2D eigenvalue weighted by atomic mass is 10.2. The Balaban J connectivity index is 2.05. The lowest BCUT2D eigenvalue weighted by molar-refractivity contribution is 0.195. The van der Waals surface area contributed by atoms with Crippen molar-refractivity contribution in [2.75, 3.05) is 25.6 Å². The van der Waals surface area contributed by atoms with E-state index in [0.29, 0.717) is 16.8 Å². The molecule has 0 aromatic heterocycles. The molecule has 82 valence electrons. The molecule has 4 heteroatoms. The summed E-state index contributed by atoms with van der Waals surface area (Å²) in [5.41, 5.74) is 1.01. The standard InChI is InChI=1S/C11H14ClNO2/c1-14-11-3-2-8(6-10(11)12)13-9-4-5-15-7-9/h2-3,6,9,13H,4-5,7H2,1H3. The second kappa shape index (κ2) is 4.73. The van der Waals surface area contributed by atoms with Crippen LogP contribution in [0, 0.1) is 0 Å². The van der Waals surface area contributed by atoms with Crippen molar-refractivity contribution in [2.45, 2.75) is 12.5 Å². The van der Waals surface area contributed by atoms with Gasteiger partial charge in [-0.3, -0.25) is 0 Å². The Hall–Kier alpha value is -0.930. The topological polar surface area (TPSA) is 30.5 Å². The van der Waals surface area contributed by atoms with Gasteiger partial charge in [-0.25, -0.2) is 0 Å². The smallest absolute Gasteiger partial charge is 0.137 e. The number of ether oxygens (including phenoxy) is 2. The van der Waals surface area contributed by atoms with Crippen LogP contribution in [0.4, 0.5) is 5.69 Å². The molecule has 1 fully saturated rings. The molecule has 1 saturated heterocycles. The van der Waals surface area contributed by atoms with Crippen molar-refractivity contribution in [2.24, 2.45) is 0 Å². The second-order valence-electron chi connectivity index (χ2n) is 3.55. The summed E-state index contributed by atoms with van der Waals surface area (Å²) in [5, 5.41) is 3.99. The third-order valence-corrected chi connectivity index (χ3v) is 2.75. The molecular weight excluding hydrogens is 214 g/mol. The number of methoxy groups -OCH3 is 1. The van der Waals surface area contributed by atoms with Crippen LogP contribution in [0.2, 0.25) is 5.02 Å². The summed E-state index contributed by atoms with van der Waals surface area (Å²) >= 11 is 6.02. The fraction of sp³-hybridized carbons (Fsp3) is 0.455. The molecule has 0 aliphatic carbocycles. The van der Waals surface area contributed by atoms with Crippen molar-refractivity contribution in [1.29, 1.82) is 0 Å². The van der Waals surface area contributed by atoms with Crippen molar-refractivity contribution in [1.82, 2.24) is 0 Å². The average molecular weight is 228 g/mol. The maximum Gasteiger partial charge on any atom is 0.137 e. The van der Waals surface area contributed by atoms with E-state index in [-0.39, 0.29) is 0 Å². The molecule has 3 nitrogen and oxygen atoms in total. The number of halogens is 1. The highest BCUT2D eigenvalue weighted by Gasteiger charge is 2.15. The van der Waals surface area contributed by atoms with Crippen LogP contribution in [0.15, 0.2) is 18.2 Å². The molecule has 1 unspecified atom stereocenters. The van der Waals surface area contributed by atoms with E-state index >= 15 is 0 Å². The van der Waals surface area contributed by atoms with E-state index in [1.165, 1.54) is 0 Å². The molecule has 0 saturated carbocycles. The lowest BCUT2D eigenvalue weighted by Gasteiger charge is -2.13. The van der Waals surface area contributed by atoms with Crippen LogP contribution in [0.5, 0.6) is 5.75 Å². The molecule has 1 N–H and O–H groups in total. The number of nitrogens with one attached hydrogen (secondary N) is 1. The van der Waals surface area contributed by atoms with Gasteiger partial charge in [-0.2, -0.15) is 0 Å². The van der Waals surface area contributed by atoms with Crippen LogP contribution < -0.4 is 10.1 Å². The number of benzene rings is 1. The van der Waals surface area contributed by atoms with E-state index in [1.54, 1.807) is 7.11 Å². The van der Waals surface area contributed by atoms with Gasteiger partial charge in [0, 0.05) is 12.3 Å². The van der Waals surface area contributed by atoms with Gasteiger partial charge >= 0.3 is 0 Å². The second-order valence-corrected chi connectivity index (χ2v) is 3.96. The zero-order valence-electron chi connectivity index (χ0n) is 8.63. The van der Waals surface area contributed by atoms with Gasteiger partial charge in [-0.15, -0.1) is 0 Å². The fourth-order valence-corrected chi connectivity index (χ4v) is 1.90. The monoisotopic (exact) mass is 227 g/mol. The number of hydrogen-bond acceptors (Lipinski definition) is 3. The predicted octanol–water partition coefficient (Wildman–Crippen LogP) is 2.55. The first-order valence-corrected chi connectivity index (χ1v) is 5.35.